The summed E-state index contributed by atoms with van der Waals surface area (Å²) in [5.74, 6) is -16.6. The molecule has 0 aliphatic carbocycles. The van der Waals surface area contributed by atoms with E-state index in [9.17, 15) is 83.1 Å². The van der Waals surface area contributed by atoms with Crippen molar-refractivity contribution in [3.63, 3.8) is 0 Å². The first-order chi connectivity index (χ1) is 46.4. The van der Waals surface area contributed by atoms with E-state index in [4.69, 9.17) is 23.7 Å². The van der Waals surface area contributed by atoms with Crippen LogP contribution in [0.25, 0.3) is 21.8 Å². The first kappa shape index (κ1) is 75.2. The number of amides is 10. The van der Waals surface area contributed by atoms with Gasteiger partial charge in [0.15, 0.2) is 35.6 Å². The van der Waals surface area contributed by atoms with Gasteiger partial charge in [0.25, 0.3) is 23.6 Å². The number of cyclic esters (lactones) is 2. The molecule has 8 unspecified atom stereocenters. The van der Waals surface area contributed by atoms with Crippen LogP contribution < -0.4 is 30.7 Å². The minimum absolute atomic E-state index is 0.142. The second-order valence-corrected chi connectivity index (χ2v) is 24.2. The Morgan fingerprint density at radius 3 is 1.37 bits per heavy atom. The average molecular weight is 1390 g/mol. The lowest BCUT2D eigenvalue weighted by atomic mass is 9.97. The lowest BCUT2D eigenvalue weighted by Gasteiger charge is -2.37. The summed E-state index contributed by atoms with van der Waals surface area (Å²) in [5.41, 5.74) is -5.52. The Morgan fingerprint density at radius 2 is 0.980 bits per heavy atom. The minimum atomic E-state index is -2.23. The van der Waals surface area contributed by atoms with Crippen LogP contribution in [0.2, 0.25) is 0 Å². The third-order valence-corrected chi connectivity index (χ3v) is 15.8. The predicted molar refractivity (Wildman–Crippen MR) is 340 cm³/mol. The molecular weight excluding hydrogens is 1310 g/mol. The molecule has 3 aliphatic rings. The van der Waals surface area contributed by atoms with Crippen molar-refractivity contribution in [2.24, 2.45) is 10.2 Å². The standard InChI is InChI=1S/C62H76N14O23/c1-30(77)99-42-17-19-66-76-50(42)56(88)64-25-44(82)72(7)27-46(84)74(9)51(61(2,3)93)59(91)97-28-37(69-53(85)47-40(79)22-31-20-33(95-10)12-14-35(31)67-47)57(89)75-49(39(78)16-18-65-75)55(87)63-24-43(81)71(6)26-45(83)73(8)52(62(4,5)94)60(92)98-29-38(58(76)90)70-54(86)48-41(80)23-32-21-34(96-11)13-15-36(32)68-48/h12-15,18-23,37-39,42,49-52,78-80,93-94H,16-17,24-29H2,1-11H3,(H,63,87)(H,64,88)(H,69,85)(H,70,86). The van der Waals surface area contributed by atoms with Crippen LogP contribution in [0.1, 0.15) is 68.4 Å². The highest BCUT2D eigenvalue weighted by Crippen LogP contribution is 2.29. The number of methoxy groups -OCH3 is 2. The molecule has 532 valence electrons. The number of nitrogens with zero attached hydrogens (tertiary/aromatic N) is 10. The predicted octanol–water partition coefficient (Wildman–Crippen LogP) is -3.98. The molecule has 1 fully saturated rings. The summed E-state index contributed by atoms with van der Waals surface area (Å²) in [6.07, 6.45) is -2.04. The molecule has 4 aromatic rings. The molecule has 0 saturated carbocycles. The maximum absolute atomic E-state index is 15.0. The van der Waals surface area contributed by atoms with Crippen molar-refractivity contribution in [1.82, 2.24) is 60.9 Å². The van der Waals surface area contributed by atoms with Gasteiger partial charge in [-0.05, 0) is 76.2 Å². The van der Waals surface area contributed by atoms with Crippen LogP contribution in [0.4, 0.5) is 0 Å². The molecule has 0 radical (unpaired) electrons. The Kier molecular flexibility index (Phi) is 23.8. The molecule has 2 aromatic carbocycles. The van der Waals surface area contributed by atoms with Gasteiger partial charge in [0.1, 0.15) is 54.4 Å². The lowest BCUT2D eigenvalue weighted by Crippen LogP contribution is -2.62. The number of carbonyl (C=O) groups is 13. The van der Waals surface area contributed by atoms with E-state index in [0.717, 1.165) is 97.2 Å². The van der Waals surface area contributed by atoms with E-state index in [1.807, 2.05) is 0 Å². The first-order valence-corrected chi connectivity index (χ1v) is 30.3. The maximum atomic E-state index is 15.0. The van der Waals surface area contributed by atoms with Gasteiger partial charge in [-0.2, -0.15) is 10.2 Å². The van der Waals surface area contributed by atoms with Crippen LogP contribution >= 0.6 is 0 Å². The molecule has 37 nitrogen and oxygen atoms in total. The van der Waals surface area contributed by atoms with E-state index in [1.54, 1.807) is 0 Å². The molecule has 8 atom stereocenters. The smallest absolute Gasteiger partial charge is 0.331 e. The van der Waals surface area contributed by atoms with Gasteiger partial charge in [0, 0.05) is 71.2 Å². The quantitative estimate of drug-likeness (QED) is 0.0570. The number of hydrogen-bond acceptors (Lipinski definition) is 27. The molecule has 10 amide bonds. The number of hydrazone groups is 2. The van der Waals surface area contributed by atoms with E-state index in [2.05, 4.69) is 41.4 Å². The van der Waals surface area contributed by atoms with Gasteiger partial charge in [0.05, 0.1) is 68.7 Å². The summed E-state index contributed by atoms with van der Waals surface area (Å²) in [4.78, 5) is 195. The lowest BCUT2D eigenvalue weighted by molar-refractivity contribution is -0.167. The van der Waals surface area contributed by atoms with Crippen LogP contribution in [-0.2, 0) is 67.0 Å². The highest BCUT2D eigenvalue weighted by atomic mass is 16.6. The molecule has 0 spiro atoms. The normalized spacial score (nSPS) is 23.1. The molecule has 7 rings (SSSR count). The Hall–Kier alpha value is -11.2. The molecule has 3 aliphatic heterocycles. The zero-order chi connectivity index (χ0) is 73.3. The average Bonchev–Trinajstić information content (AvgIpc) is 0.807. The second kappa shape index (κ2) is 31.3. The number of aliphatic hydroxyl groups is 3. The van der Waals surface area contributed by atoms with Crippen molar-refractivity contribution < 1.29 is 112 Å². The van der Waals surface area contributed by atoms with E-state index in [1.165, 1.54) is 50.6 Å². The van der Waals surface area contributed by atoms with Crippen molar-refractivity contribution in [3.8, 4) is 23.0 Å². The van der Waals surface area contributed by atoms with Crippen LogP contribution in [0.3, 0.4) is 0 Å². The fourth-order valence-electron chi connectivity index (χ4n) is 10.7. The number of esters is 3. The van der Waals surface area contributed by atoms with Gasteiger partial charge in [-0.25, -0.2) is 29.6 Å². The number of nitrogens with one attached hydrogen (secondary N) is 4. The molecular formula is C62H76N14O23. The van der Waals surface area contributed by atoms with E-state index in [0.29, 0.717) is 42.1 Å². The molecule has 2 aromatic heterocycles. The zero-order valence-electron chi connectivity index (χ0n) is 55.6. The monoisotopic (exact) mass is 1380 g/mol. The topological polar surface area (TPSA) is 487 Å². The van der Waals surface area contributed by atoms with E-state index < -0.39 is 199 Å². The Morgan fingerprint density at radius 1 is 0.586 bits per heavy atom. The fourth-order valence-corrected chi connectivity index (χ4v) is 10.7. The Balaban J connectivity index is 1.25. The number of pyridine rings is 2. The van der Waals surface area contributed by atoms with Gasteiger partial charge in [-0.3, -0.25) is 52.7 Å². The van der Waals surface area contributed by atoms with Crippen LogP contribution in [0.15, 0.2) is 58.7 Å². The number of benzene rings is 2. The molecule has 9 N–H and O–H groups in total. The number of likely N-dealkylation sites (N-methyl/N-ethyl adjacent to an activating group) is 4. The van der Waals surface area contributed by atoms with Crippen molar-refractivity contribution in [3.05, 3.63) is 59.9 Å². The zero-order valence-corrected chi connectivity index (χ0v) is 55.6. The number of hydrogen-bond donors (Lipinski definition) is 9. The first-order valence-electron chi connectivity index (χ1n) is 30.3. The Bertz CT molecular complexity index is 3930. The molecule has 1 saturated heterocycles. The molecule has 99 heavy (non-hydrogen) atoms. The summed E-state index contributed by atoms with van der Waals surface area (Å²) in [6, 6.07) is -1.18. The number of rotatable bonds is 9. The van der Waals surface area contributed by atoms with Gasteiger partial charge >= 0.3 is 17.9 Å². The summed E-state index contributed by atoms with van der Waals surface area (Å²) in [7, 11) is 7.03. The van der Waals surface area contributed by atoms with Crippen molar-refractivity contribution in [2.45, 2.75) is 107 Å². The van der Waals surface area contributed by atoms with Crippen molar-refractivity contribution in [2.75, 3.05) is 81.8 Å². The highest BCUT2D eigenvalue weighted by Gasteiger charge is 2.48. The van der Waals surface area contributed by atoms with Gasteiger partial charge in [-0.1, -0.05) is 0 Å². The highest BCUT2D eigenvalue weighted by molar-refractivity contribution is 6.04. The maximum Gasteiger partial charge on any atom is 0.331 e. The van der Waals surface area contributed by atoms with E-state index >= 15 is 4.79 Å². The molecule has 5 heterocycles. The fraction of sp³-hybridized carbons (Fsp3) is 0.468. The van der Waals surface area contributed by atoms with Crippen LogP contribution in [-0.4, -0.2) is 296 Å². The number of fused-ring (bicyclic) bond motifs is 4. The number of carbonyl (C=O) groups excluding carboxylic acids is 13. The number of ether oxygens (including phenoxy) is 5. The summed E-state index contributed by atoms with van der Waals surface area (Å²) in [5, 5.41) is 75.0. The summed E-state index contributed by atoms with van der Waals surface area (Å²) >= 11 is 0. The van der Waals surface area contributed by atoms with Crippen LogP contribution in [0.5, 0.6) is 23.0 Å². The molecule has 0 bridgehead atoms. The number of aromatic nitrogens is 2. The van der Waals surface area contributed by atoms with Crippen molar-refractivity contribution >= 4 is 111 Å². The SMILES string of the molecule is COc1ccc2nc(C(=O)NC3COC(=O)C(C(C)(C)O)N(C)C(=O)CN(C)C(=O)CNC(=O)C4C(OC(C)=O)CC=NN4C(=O)C(NC(=O)c4nc5ccc(OC)cc5cc4O)COC(=O)C(C(C)(C)O)N(C)C(=O)CN(C)C(=O)CNC(=O)C4C(O)CC=NN4C3=O)c(O)cc2c1. The van der Waals surface area contributed by atoms with Gasteiger partial charge in [0.2, 0.25) is 35.4 Å². The van der Waals surface area contributed by atoms with Crippen LogP contribution in [0, 0.1) is 0 Å². The van der Waals surface area contributed by atoms with Gasteiger partial charge in [-0.15, -0.1) is 0 Å². The second-order valence-electron chi connectivity index (χ2n) is 24.2. The third kappa shape index (κ3) is 17.9. The largest absolute Gasteiger partial charge is 0.505 e. The van der Waals surface area contributed by atoms with Crippen molar-refractivity contribution in [1.29, 1.82) is 0 Å². The third-order valence-electron chi connectivity index (χ3n) is 15.8. The number of aromatic hydroxyl groups is 2. The Labute approximate surface area is 563 Å². The molecule has 37 heteroatoms. The summed E-state index contributed by atoms with van der Waals surface area (Å²) < 4.78 is 27.0. The minimum Gasteiger partial charge on any atom is -0.505 e. The van der Waals surface area contributed by atoms with Gasteiger partial charge < -0.3 is 90.1 Å². The number of aliphatic hydroxyl groups excluding tert-OH is 1. The van der Waals surface area contributed by atoms with E-state index in [-0.39, 0.29) is 23.9 Å². The summed E-state index contributed by atoms with van der Waals surface area (Å²) in [6.45, 7) is -0.824.